The Bertz CT molecular complexity index is 149. The highest BCUT2D eigenvalue weighted by Gasteiger charge is 2.07. The van der Waals surface area contributed by atoms with Crippen molar-refractivity contribution in [1.82, 2.24) is 4.72 Å². The van der Waals surface area contributed by atoms with E-state index in [2.05, 4.69) is 10.6 Å². The Hall–Kier alpha value is -0.0600. The van der Waals surface area contributed by atoms with E-state index in [0.717, 1.165) is 0 Å². The fourth-order valence-electron chi connectivity index (χ4n) is 0.487. The van der Waals surface area contributed by atoms with Crippen LogP contribution in [0.3, 0.4) is 0 Å². The summed E-state index contributed by atoms with van der Waals surface area (Å²) in [4.78, 5) is 0. The van der Waals surface area contributed by atoms with Crippen LogP contribution >= 0.6 is 0 Å². The molecule has 1 rings (SSSR count). The van der Waals surface area contributed by atoms with Gasteiger partial charge in [-0.3, -0.25) is 4.21 Å². The highest BCUT2D eigenvalue weighted by Crippen LogP contribution is 1.90. The van der Waals surface area contributed by atoms with Crippen LogP contribution in [-0.4, -0.2) is 29.2 Å². The summed E-state index contributed by atoms with van der Waals surface area (Å²) < 4.78 is 18.4. The maximum absolute atomic E-state index is 10.9. The molecule has 4 heteroatoms. The SMILES string of the molecule is C=S1(=O)CCOCN1. The maximum atomic E-state index is 10.9. The highest BCUT2D eigenvalue weighted by atomic mass is 32.2. The lowest BCUT2D eigenvalue weighted by atomic mass is 10.9. The Kier molecular flexibility index (Phi) is 1.55. The van der Waals surface area contributed by atoms with E-state index in [4.69, 9.17) is 4.74 Å². The van der Waals surface area contributed by atoms with Crippen molar-refractivity contribution >= 4 is 15.6 Å². The van der Waals surface area contributed by atoms with E-state index in [1.165, 1.54) is 0 Å². The Labute approximate surface area is 49.2 Å². The maximum Gasteiger partial charge on any atom is 0.107 e. The molecule has 48 valence electrons. The first kappa shape index (κ1) is 6.07. The highest BCUT2D eigenvalue weighted by molar-refractivity contribution is 7.98. The summed E-state index contributed by atoms with van der Waals surface area (Å²) in [6.45, 7) is 0.942. The molecule has 1 aliphatic rings. The van der Waals surface area contributed by atoms with Crippen LogP contribution in [0.2, 0.25) is 0 Å². The summed E-state index contributed by atoms with van der Waals surface area (Å²) >= 11 is 0. The van der Waals surface area contributed by atoms with Gasteiger partial charge < -0.3 is 4.74 Å². The van der Waals surface area contributed by atoms with Gasteiger partial charge in [-0.25, -0.2) is 4.72 Å². The number of hydrogen-bond donors (Lipinski definition) is 1. The van der Waals surface area contributed by atoms with Crippen LogP contribution in [0.5, 0.6) is 0 Å². The lowest BCUT2D eigenvalue weighted by molar-refractivity contribution is 0.137. The van der Waals surface area contributed by atoms with E-state index in [1.54, 1.807) is 0 Å². The molecule has 0 aromatic carbocycles. The molecule has 0 amide bonds. The molecule has 3 nitrogen and oxygen atoms in total. The quantitative estimate of drug-likeness (QED) is 0.441. The minimum absolute atomic E-state index is 0.377. The van der Waals surface area contributed by atoms with Crippen LogP contribution in [0, 0.1) is 0 Å². The van der Waals surface area contributed by atoms with E-state index in [-0.39, 0.29) is 0 Å². The molecule has 1 N–H and O–H groups in total. The first-order chi connectivity index (χ1) is 3.71. The van der Waals surface area contributed by atoms with Gasteiger partial charge in [-0.2, -0.15) is 0 Å². The van der Waals surface area contributed by atoms with Crippen molar-refractivity contribution in [2.45, 2.75) is 0 Å². The van der Waals surface area contributed by atoms with Crippen LogP contribution in [0.1, 0.15) is 0 Å². The number of rotatable bonds is 0. The van der Waals surface area contributed by atoms with Crippen LogP contribution < -0.4 is 4.72 Å². The summed E-state index contributed by atoms with van der Waals surface area (Å²) in [5, 5.41) is 0. The topological polar surface area (TPSA) is 38.3 Å². The lowest BCUT2D eigenvalue weighted by Gasteiger charge is -2.16. The summed E-state index contributed by atoms with van der Waals surface area (Å²) in [5.41, 5.74) is 0. The van der Waals surface area contributed by atoms with Crippen LogP contribution in [-0.2, 0) is 14.4 Å². The van der Waals surface area contributed by atoms with Crippen molar-refractivity contribution in [3.05, 3.63) is 0 Å². The molecule has 1 saturated heterocycles. The predicted octanol–water partition coefficient (Wildman–Crippen LogP) is -0.805. The molecule has 0 aliphatic carbocycles. The van der Waals surface area contributed by atoms with Gasteiger partial charge in [0.05, 0.1) is 12.4 Å². The van der Waals surface area contributed by atoms with Crippen molar-refractivity contribution in [3.8, 4) is 0 Å². The Morgan fingerprint density at radius 1 is 1.75 bits per heavy atom. The van der Waals surface area contributed by atoms with Crippen molar-refractivity contribution in [1.29, 1.82) is 0 Å². The van der Waals surface area contributed by atoms with Gasteiger partial charge in [-0.1, -0.05) is 0 Å². The van der Waals surface area contributed by atoms with Crippen LogP contribution in [0.15, 0.2) is 0 Å². The van der Waals surface area contributed by atoms with Gasteiger partial charge in [0, 0.05) is 9.71 Å². The fraction of sp³-hybridized carbons (Fsp3) is 0.750. The fourth-order valence-corrected chi connectivity index (χ4v) is 1.32. The Morgan fingerprint density at radius 3 is 2.75 bits per heavy atom. The molecule has 8 heavy (non-hydrogen) atoms. The zero-order valence-corrected chi connectivity index (χ0v) is 5.37. The van der Waals surface area contributed by atoms with Gasteiger partial charge in [-0.15, -0.1) is 0 Å². The molecule has 0 spiro atoms. The summed E-state index contributed by atoms with van der Waals surface area (Å²) in [6, 6.07) is 0. The van der Waals surface area contributed by atoms with E-state index in [1.807, 2.05) is 0 Å². The minimum Gasteiger partial charge on any atom is -0.364 e. The molecule has 1 fully saturated rings. The lowest BCUT2D eigenvalue weighted by Crippen LogP contribution is -2.35. The second-order valence-corrected chi connectivity index (χ2v) is 4.03. The largest absolute Gasteiger partial charge is 0.364 e. The Balaban J connectivity index is 2.58. The molecule has 0 radical (unpaired) electrons. The van der Waals surface area contributed by atoms with Gasteiger partial charge in [0.2, 0.25) is 0 Å². The van der Waals surface area contributed by atoms with Gasteiger partial charge in [-0.05, 0) is 5.87 Å². The first-order valence-corrected chi connectivity index (χ1v) is 4.28. The van der Waals surface area contributed by atoms with Crippen molar-refractivity contribution < 1.29 is 8.95 Å². The van der Waals surface area contributed by atoms with E-state index >= 15 is 0 Å². The second kappa shape index (κ2) is 2.05. The van der Waals surface area contributed by atoms with Crippen LogP contribution in [0.4, 0.5) is 0 Å². The molecule has 1 aliphatic heterocycles. The van der Waals surface area contributed by atoms with Crippen molar-refractivity contribution in [2.24, 2.45) is 0 Å². The third-order valence-corrected chi connectivity index (χ3v) is 2.45. The number of hydrogen-bond acceptors (Lipinski definition) is 2. The number of nitrogens with one attached hydrogen (secondary N) is 1. The van der Waals surface area contributed by atoms with E-state index in [0.29, 0.717) is 19.1 Å². The van der Waals surface area contributed by atoms with Gasteiger partial charge in [0.15, 0.2) is 0 Å². The molecular weight excluding hydrogens is 126 g/mol. The molecule has 0 aromatic rings. The zero-order valence-electron chi connectivity index (χ0n) is 4.55. The average molecular weight is 135 g/mol. The standard InChI is InChI=1S/C4H9NO2S/c1-8(6)3-2-7-4-5-8/h1-4H2,(H,5,6). The van der Waals surface area contributed by atoms with Gasteiger partial charge in [0.1, 0.15) is 6.73 Å². The van der Waals surface area contributed by atoms with Crippen molar-refractivity contribution in [3.63, 3.8) is 0 Å². The summed E-state index contributed by atoms with van der Waals surface area (Å²) in [5.74, 6) is 4.00. The van der Waals surface area contributed by atoms with Crippen molar-refractivity contribution in [2.75, 3.05) is 19.1 Å². The van der Waals surface area contributed by atoms with Gasteiger partial charge in [0.25, 0.3) is 0 Å². The molecule has 1 atom stereocenters. The summed E-state index contributed by atoms with van der Waals surface area (Å²) in [6.07, 6.45) is 0. The van der Waals surface area contributed by atoms with E-state index in [9.17, 15) is 4.21 Å². The zero-order chi connectivity index (χ0) is 6.04. The summed E-state index contributed by atoms with van der Waals surface area (Å²) in [7, 11) is -1.96. The normalized spacial score (nSPS) is 39.5. The Morgan fingerprint density at radius 2 is 2.50 bits per heavy atom. The molecule has 0 saturated carbocycles. The van der Waals surface area contributed by atoms with Gasteiger partial charge >= 0.3 is 0 Å². The predicted molar refractivity (Wildman–Crippen MR) is 34.1 cm³/mol. The molecule has 1 heterocycles. The smallest absolute Gasteiger partial charge is 0.107 e. The average Bonchev–Trinajstić information content (AvgIpc) is 1.65. The monoisotopic (exact) mass is 135 g/mol. The first-order valence-electron chi connectivity index (χ1n) is 2.38. The minimum atomic E-state index is -1.96. The second-order valence-electron chi connectivity index (χ2n) is 1.71. The third kappa shape index (κ3) is 1.47. The third-order valence-electron chi connectivity index (χ3n) is 0.981. The molecule has 1 unspecified atom stereocenters. The molecule has 0 aromatic heterocycles. The van der Waals surface area contributed by atoms with Crippen LogP contribution in [0.25, 0.3) is 0 Å². The molecule has 0 bridgehead atoms. The number of ether oxygens (including phenoxy) is 1. The van der Waals surface area contributed by atoms with E-state index < -0.39 is 9.71 Å². The molecular formula is C4H9NO2S.